The summed E-state index contributed by atoms with van der Waals surface area (Å²) in [5.41, 5.74) is 5.17. The minimum Gasteiger partial charge on any atom is -0.461 e. The van der Waals surface area contributed by atoms with E-state index in [9.17, 15) is 4.79 Å². The summed E-state index contributed by atoms with van der Waals surface area (Å²) in [4.78, 5) is 11.0. The molecule has 0 bridgehead atoms. The molecule has 0 heterocycles. The van der Waals surface area contributed by atoms with Crippen LogP contribution in [0.3, 0.4) is 0 Å². The van der Waals surface area contributed by atoms with Gasteiger partial charge in [0.1, 0.15) is 6.61 Å². The van der Waals surface area contributed by atoms with E-state index in [4.69, 9.17) is 20.3 Å². The summed E-state index contributed by atoms with van der Waals surface area (Å²) in [6, 6.07) is 0. The topological polar surface area (TPSA) is 81.8 Å². The van der Waals surface area contributed by atoms with Crippen LogP contribution in [0, 0.1) is 0 Å². The lowest BCUT2D eigenvalue weighted by molar-refractivity contribution is -0.155. The molecule has 1 atom stereocenters. The number of hydrogen-bond donors (Lipinski definition) is 2. The third kappa shape index (κ3) is 6.82. The van der Waals surface area contributed by atoms with Crippen molar-refractivity contribution in [2.45, 2.75) is 25.9 Å². The van der Waals surface area contributed by atoms with Crippen molar-refractivity contribution in [3.05, 3.63) is 0 Å². The average molecular weight is 205 g/mol. The maximum Gasteiger partial charge on any atom is 0.335 e. The van der Waals surface area contributed by atoms with Crippen LogP contribution in [-0.2, 0) is 14.3 Å². The molecule has 1 unspecified atom stereocenters. The second-order valence-corrected chi connectivity index (χ2v) is 2.87. The van der Waals surface area contributed by atoms with Crippen LogP contribution in [0.5, 0.6) is 0 Å². The van der Waals surface area contributed by atoms with Gasteiger partial charge < -0.3 is 20.3 Å². The zero-order chi connectivity index (χ0) is 10.8. The smallest absolute Gasteiger partial charge is 0.335 e. The van der Waals surface area contributed by atoms with Gasteiger partial charge in [0.2, 0.25) is 0 Å². The molecule has 0 fully saturated rings. The molecule has 0 saturated carbocycles. The van der Waals surface area contributed by atoms with E-state index in [0.717, 1.165) is 6.42 Å². The number of carbonyl (C=O) groups excluding carboxylic acids is 1. The highest BCUT2D eigenvalue weighted by Crippen LogP contribution is 1.93. The normalized spacial score (nSPS) is 12.5. The zero-order valence-corrected chi connectivity index (χ0v) is 8.57. The van der Waals surface area contributed by atoms with Crippen LogP contribution in [0.15, 0.2) is 0 Å². The Morgan fingerprint density at radius 1 is 1.43 bits per heavy atom. The Bertz CT molecular complexity index is 152. The molecule has 0 spiro atoms. The standard InChI is InChI=1S/C9H19NO4/c1-2-5-13-6-7-14-9(12)8(11)3-4-10/h8,11H,2-7,10H2,1H3. The number of aliphatic hydroxyl groups excluding tert-OH is 1. The molecule has 0 amide bonds. The van der Waals surface area contributed by atoms with Gasteiger partial charge in [-0.3, -0.25) is 0 Å². The molecule has 5 heteroatoms. The SMILES string of the molecule is CCCOCCOC(=O)C(O)CCN. The molecule has 84 valence electrons. The largest absolute Gasteiger partial charge is 0.461 e. The minimum absolute atomic E-state index is 0.181. The first-order valence-corrected chi connectivity index (χ1v) is 4.84. The summed E-state index contributed by atoms with van der Waals surface area (Å²) in [5, 5.41) is 9.13. The van der Waals surface area contributed by atoms with Crippen LogP contribution >= 0.6 is 0 Å². The number of aliphatic hydroxyl groups is 1. The van der Waals surface area contributed by atoms with Crippen molar-refractivity contribution in [3.8, 4) is 0 Å². The summed E-state index contributed by atoms with van der Waals surface area (Å²) in [7, 11) is 0. The first kappa shape index (κ1) is 13.4. The summed E-state index contributed by atoms with van der Waals surface area (Å²) < 4.78 is 9.82. The van der Waals surface area contributed by atoms with E-state index < -0.39 is 12.1 Å². The average Bonchev–Trinajstić information content (AvgIpc) is 2.17. The third-order valence-electron chi connectivity index (χ3n) is 1.53. The lowest BCUT2D eigenvalue weighted by Gasteiger charge is -2.09. The molecule has 0 rings (SSSR count). The molecule has 0 aromatic rings. The van der Waals surface area contributed by atoms with Gasteiger partial charge in [-0.05, 0) is 19.4 Å². The fourth-order valence-electron chi connectivity index (χ4n) is 0.819. The monoisotopic (exact) mass is 205 g/mol. The van der Waals surface area contributed by atoms with E-state index in [-0.39, 0.29) is 19.6 Å². The molecular formula is C9H19NO4. The van der Waals surface area contributed by atoms with Crippen molar-refractivity contribution in [1.29, 1.82) is 0 Å². The van der Waals surface area contributed by atoms with Crippen LogP contribution in [-0.4, -0.2) is 43.5 Å². The Morgan fingerprint density at radius 3 is 2.71 bits per heavy atom. The van der Waals surface area contributed by atoms with Crippen LogP contribution in [0.4, 0.5) is 0 Å². The highest BCUT2D eigenvalue weighted by Gasteiger charge is 2.14. The summed E-state index contributed by atoms with van der Waals surface area (Å²) in [6.07, 6.45) is 0.0597. The van der Waals surface area contributed by atoms with E-state index in [2.05, 4.69) is 0 Å². The number of rotatable bonds is 8. The third-order valence-corrected chi connectivity index (χ3v) is 1.53. The fourth-order valence-corrected chi connectivity index (χ4v) is 0.819. The minimum atomic E-state index is -1.11. The maximum absolute atomic E-state index is 11.0. The van der Waals surface area contributed by atoms with Crippen molar-refractivity contribution in [3.63, 3.8) is 0 Å². The highest BCUT2D eigenvalue weighted by molar-refractivity contribution is 5.74. The van der Waals surface area contributed by atoms with Crippen LogP contribution in [0.2, 0.25) is 0 Å². The van der Waals surface area contributed by atoms with Crippen molar-refractivity contribution in [2.24, 2.45) is 5.73 Å². The molecule has 5 nitrogen and oxygen atoms in total. The van der Waals surface area contributed by atoms with Gasteiger partial charge in [-0.1, -0.05) is 6.92 Å². The van der Waals surface area contributed by atoms with Gasteiger partial charge in [-0.15, -0.1) is 0 Å². The van der Waals surface area contributed by atoms with Gasteiger partial charge in [0.05, 0.1) is 6.61 Å². The van der Waals surface area contributed by atoms with E-state index in [1.54, 1.807) is 0 Å². The fraction of sp³-hybridized carbons (Fsp3) is 0.889. The molecule has 14 heavy (non-hydrogen) atoms. The molecule has 0 aromatic carbocycles. The Labute approximate surface area is 84.2 Å². The number of nitrogens with two attached hydrogens (primary N) is 1. The summed E-state index contributed by atoms with van der Waals surface area (Å²) in [5.74, 6) is -0.629. The van der Waals surface area contributed by atoms with E-state index in [0.29, 0.717) is 13.2 Å². The Morgan fingerprint density at radius 2 is 2.14 bits per heavy atom. The van der Waals surface area contributed by atoms with E-state index in [1.165, 1.54) is 0 Å². The first-order chi connectivity index (χ1) is 6.72. The molecule has 3 N–H and O–H groups in total. The van der Waals surface area contributed by atoms with Gasteiger partial charge in [-0.25, -0.2) is 4.79 Å². The molecule has 0 aliphatic rings. The molecule has 0 aliphatic carbocycles. The number of hydrogen-bond acceptors (Lipinski definition) is 5. The van der Waals surface area contributed by atoms with Gasteiger partial charge in [0.15, 0.2) is 6.10 Å². The van der Waals surface area contributed by atoms with Crippen LogP contribution < -0.4 is 5.73 Å². The summed E-state index contributed by atoms with van der Waals surface area (Å²) >= 11 is 0. The predicted molar refractivity (Wildman–Crippen MR) is 51.7 cm³/mol. The van der Waals surface area contributed by atoms with Crippen molar-refractivity contribution in [2.75, 3.05) is 26.4 Å². The maximum atomic E-state index is 11.0. The van der Waals surface area contributed by atoms with E-state index >= 15 is 0 Å². The summed E-state index contributed by atoms with van der Waals surface area (Å²) in [6.45, 7) is 3.47. The predicted octanol–water partition coefficient (Wildman–Crippen LogP) is -0.334. The lowest BCUT2D eigenvalue weighted by atomic mass is 10.2. The lowest BCUT2D eigenvalue weighted by Crippen LogP contribution is -2.27. The Kier molecular flexibility index (Phi) is 8.51. The van der Waals surface area contributed by atoms with Gasteiger partial charge in [-0.2, -0.15) is 0 Å². The molecule has 0 radical (unpaired) electrons. The highest BCUT2D eigenvalue weighted by atomic mass is 16.6. The number of ether oxygens (including phenoxy) is 2. The Hall–Kier alpha value is -0.650. The molecular weight excluding hydrogens is 186 g/mol. The molecule has 0 aliphatic heterocycles. The van der Waals surface area contributed by atoms with Crippen LogP contribution in [0.25, 0.3) is 0 Å². The zero-order valence-electron chi connectivity index (χ0n) is 8.57. The van der Waals surface area contributed by atoms with Crippen molar-refractivity contribution >= 4 is 5.97 Å². The second kappa shape index (κ2) is 8.93. The first-order valence-electron chi connectivity index (χ1n) is 4.84. The van der Waals surface area contributed by atoms with Gasteiger partial charge >= 0.3 is 5.97 Å². The van der Waals surface area contributed by atoms with Crippen LogP contribution in [0.1, 0.15) is 19.8 Å². The van der Waals surface area contributed by atoms with Gasteiger partial charge in [0.25, 0.3) is 0 Å². The number of carbonyl (C=O) groups is 1. The quantitative estimate of drug-likeness (QED) is 0.418. The Balaban J connectivity index is 3.34. The second-order valence-electron chi connectivity index (χ2n) is 2.87. The van der Waals surface area contributed by atoms with Crippen molar-refractivity contribution < 1.29 is 19.4 Å². The van der Waals surface area contributed by atoms with Crippen molar-refractivity contribution in [1.82, 2.24) is 0 Å². The molecule has 0 saturated heterocycles. The van der Waals surface area contributed by atoms with Gasteiger partial charge in [0, 0.05) is 6.61 Å². The van der Waals surface area contributed by atoms with E-state index in [1.807, 2.05) is 6.92 Å². The number of esters is 1. The molecule has 0 aromatic heterocycles.